The Bertz CT molecular complexity index is 618. The number of rotatable bonds is 4. The summed E-state index contributed by atoms with van der Waals surface area (Å²) in [5.41, 5.74) is 3.48. The van der Waals surface area contributed by atoms with E-state index in [0.29, 0.717) is 12.0 Å². The molecule has 1 aliphatic carbocycles. The van der Waals surface area contributed by atoms with E-state index in [4.69, 9.17) is 0 Å². The summed E-state index contributed by atoms with van der Waals surface area (Å²) in [4.78, 5) is 8.89. The molecule has 2 aromatic rings. The number of anilines is 3. The number of hydrogen-bond donors (Lipinski definition) is 2. The highest BCUT2D eigenvalue weighted by molar-refractivity contribution is 5.60. The second-order valence-electron chi connectivity index (χ2n) is 5.83. The molecule has 2 N–H and O–H groups in total. The van der Waals surface area contributed by atoms with Crippen LogP contribution in [0.15, 0.2) is 30.5 Å². The van der Waals surface area contributed by atoms with Gasteiger partial charge < -0.3 is 10.6 Å². The van der Waals surface area contributed by atoms with Crippen LogP contribution in [0.4, 0.5) is 17.5 Å². The Kier molecular flexibility index (Phi) is 4.04. The molecule has 0 atom stereocenters. The highest BCUT2D eigenvalue weighted by Crippen LogP contribution is 2.23. The maximum absolute atomic E-state index is 4.57. The first-order valence-electron chi connectivity index (χ1n) is 7.64. The molecule has 1 aliphatic rings. The van der Waals surface area contributed by atoms with Gasteiger partial charge in [-0.05, 0) is 49.9 Å². The van der Waals surface area contributed by atoms with Crippen molar-refractivity contribution in [1.29, 1.82) is 0 Å². The summed E-state index contributed by atoms with van der Waals surface area (Å²) in [5.74, 6) is 1.55. The van der Waals surface area contributed by atoms with Crippen LogP contribution in [0.25, 0.3) is 0 Å². The van der Waals surface area contributed by atoms with Gasteiger partial charge in [0.2, 0.25) is 5.95 Å². The molecule has 4 heteroatoms. The van der Waals surface area contributed by atoms with Crippen LogP contribution in [0, 0.1) is 13.8 Å². The van der Waals surface area contributed by atoms with E-state index in [1.165, 1.54) is 36.8 Å². The summed E-state index contributed by atoms with van der Waals surface area (Å²) < 4.78 is 0. The van der Waals surface area contributed by atoms with Gasteiger partial charge in [-0.15, -0.1) is 0 Å². The van der Waals surface area contributed by atoms with Crippen LogP contribution in [-0.4, -0.2) is 16.0 Å². The van der Waals surface area contributed by atoms with Gasteiger partial charge in [0, 0.05) is 17.9 Å². The lowest BCUT2D eigenvalue weighted by molar-refractivity contribution is 0.750. The molecular formula is C17H22N4. The fraction of sp³-hybridized carbons (Fsp3) is 0.412. The Morgan fingerprint density at radius 1 is 1.10 bits per heavy atom. The maximum atomic E-state index is 4.57. The number of aryl methyl sites for hydroxylation is 2. The lowest BCUT2D eigenvalue weighted by Crippen LogP contribution is -2.16. The van der Waals surface area contributed by atoms with Crippen LogP contribution in [0.2, 0.25) is 0 Å². The van der Waals surface area contributed by atoms with Crippen molar-refractivity contribution < 1.29 is 0 Å². The summed E-state index contributed by atoms with van der Waals surface area (Å²) in [7, 11) is 0. The number of hydrogen-bond acceptors (Lipinski definition) is 4. The first-order valence-corrected chi connectivity index (χ1v) is 7.64. The van der Waals surface area contributed by atoms with Gasteiger partial charge in [0.25, 0.3) is 0 Å². The lowest BCUT2D eigenvalue weighted by atomic mass is 10.1. The Morgan fingerprint density at radius 2 is 1.90 bits per heavy atom. The van der Waals surface area contributed by atoms with E-state index in [9.17, 15) is 0 Å². The summed E-state index contributed by atoms with van der Waals surface area (Å²) in [6.07, 6.45) is 6.91. The topological polar surface area (TPSA) is 49.8 Å². The minimum Gasteiger partial charge on any atom is -0.367 e. The van der Waals surface area contributed by atoms with Crippen LogP contribution in [0.3, 0.4) is 0 Å². The Hall–Kier alpha value is -2.10. The molecule has 0 bridgehead atoms. The number of nitrogens with zero attached hydrogens (tertiary/aromatic N) is 2. The average Bonchev–Trinajstić information content (AvgIpc) is 2.96. The van der Waals surface area contributed by atoms with Crippen molar-refractivity contribution in [3.8, 4) is 0 Å². The first kappa shape index (κ1) is 13.9. The third-order valence-corrected chi connectivity index (χ3v) is 4.00. The van der Waals surface area contributed by atoms with Crippen molar-refractivity contribution in [3.05, 3.63) is 41.6 Å². The van der Waals surface area contributed by atoms with E-state index in [-0.39, 0.29) is 0 Å². The van der Waals surface area contributed by atoms with E-state index >= 15 is 0 Å². The first-order chi connectivity index (χ1) is 10.2. The SMILES string of the molecule is Cc1ccc(C)c(Nc2nccc(NC3CCCC3)n2)c1. The molecule has 110 valence electrons. The Morgan fingerprint density at radius 3 is 2.71 bits per heavy atom. The zero-order valence-electron chi connectivity index (χ0n) is 12.7. The zero-order chi connectivity index (χ0) is 14.7. The van der Waals surface area contributed by atoms with Crippen molar-refractivity contribution in [2.75, 3.05) is 10.6 Å². The molecule has 1 heterocycles. The van der Waals surface area contributed by atoms with Gasteiger partial charge in [-0.3, -0.25) is 0 Å². The third-order valence-electron chi connectivity index (χ3n) is 4.00. The predicted molar refractivity (Wildman–Crippen MR) is 87.1 cm³/mol. The summed E-state index contributed by atoms with van der Waals surface area (Å²) in [5, 5.41) is 6.82. The van der Waals surface area contributed by atoms with Gasteiger partial charge in [0.1, 0.15) is 5.82 Å². The molecule has 0 amide bonds. The van der Waals surface area contributed by atoms with E-state index < -0.39 is 0 Å². The molecule has 0 radical (unpaired) electrons. The van der Waals surface area contributed by atoms with Crippen molar-refractivity contribution in [3.63, 3.8) is 0 Å². The van der Waals surface area contributed by atoms with Gasteiger partial charge in [0.15, 0.2) is 0 Å². The number of nitrogens with one attached hydrogen (secondary N) is 2. The second kappa shape index (κ2) is 6.12. The molecule has 0 aliphatic heterocycles. The minimum absolute atomic E-state index is 0.563. The molecule has 0 unspecified atom stereocenters. The highest BCUT2D eigenvalue weighted by atomic mass is 15.1. The largest absolute Gasteiger partial charge is 0.367 e. The molecule has 21 heavy (non-hydrogen) atoms. The Balaban J connectivity index is 1.74. The summed E-state index contributed by atoms with van der Waals surface area (Å²) in [6, 6.07) is 8.84. The molecule has 1 fully saturated rings. The van der Waals surface area contributed by atoms with Crippen LogP contribution in [0.5, 0.6) is 0 Å². The van der Waals surface area contributed by atoms with Gasteiger partial charge in [0.05, 0.1) is 0 Å². The average molecular weight is 282 g/mol. The zero-order valence-corrected chi connectivity index (χ0v) is 12.7. The Labute approximate surface area is 126 Å². The third kappa shape index (κ3) is 3.51. The van der Waals surface area contributed by atoms with Gasteiger partial charge in [-0.1, -0.05) is 25.0 Å². The monoisotopic (exact) mass is 282 g/mol. The molecule has 0 saturated heterocycles. The quantitative estimate of drug-likeness (QED) is 0.882. The van der Waals surface area contributed by atoms with Gasteiger partial charge in [-0.25, -0.2) is 4.98 Å². The minimum atomic E-state index is 0.563. The smallest absolute Gasteiger partial charge is 0.229 e. The van der Waals surface area contributed by atoms with Crippen LogP contribution < -0.4 is 10.6 Å². The molecule has 1 aromatic heterocycles. The highest BCUT2D eigenvalue weighted by Gasteiger charge is 2.15. The molecular weight excluding hydrogens is 260 g/mol. The fourth-order valence-corrected chi connectivity index (χ4v) is 2.77. The number of benzene rings is 1. The maximum Gasteiger partial charge on any atom is 0.229 e. The molecule has 1 saturated carbocycles. The summed E-state index contributed by atoms with van der Waals surface area (Å²) in [6.45, 7) is 4.17. The molecule has 0 spiro atoms. The molecule has 1 aromatic carbocycles. The standard InChI is InChI=1S/C17H22N4/c1-12-7-8-13(2)15(11-12)20-17-18-10-9-16(21-17)19-14-5-3-4-6-14/h7-11,14H,3-6H2,1-2H3,(H2,18,19,20,21). The normalized spacial score (nSPS) is 15.1. The predicted octanol–water partition coefficient (Wildman–Crippen LogP) is 4.19. The van der Waals surface area contributed by atoms with E-state index in [0.717, 1.165) is 11.5 Å². The van der Waals surface area contributed by atoms with Gasteiger partial charge in [-0.2, -0.15) is 4.98 Å². The van der Waals surface area contributed by atoms with Crippen LogP contribution in [0.1, 0.15) is 36.8 Å². The van der Waals surface area contributed by atoms with E-state index in [1.54, 1.807) is 6.20 Å². The summed E-state index contributed by atoms with van der Waals surface area (Å²) >= 11 is 0. The number of aromatic nitrogens is 2. The van der Waals surface area contributed by atoms with Crippen molar-refractivity contribution in [2.45, 2.75) is 45.6 Å². The fourth-order valence-electron chi connectivity index (χ4n) is 2.77. The lowest BCUT2D eigenvalue weighted by Gasteiger charge is -2.14. The van der Waals surface area contributed by atoms with Gasteiger partial charge >= 0.3 is 0 Å². The molecule has 3 rings (SSSR count). The van der Waals surface area contributed by atoms with Crippen LogP contribution >= 0.6 is 0 Å². The van der Waals surface area contributed by atoms with Crippen molar-refractivity contribution >= 4 is 17.5 Å². The van der Waals surface area contributed by atoms with Crippen LogP contribution in [-0.2, 0) is 0 Å². The van der Waals surface area contributed by atoms with E-state index in [1.807, 2.05) is 6.07 Å². The van der Waals surface area contributed by atoms with Crippen molar-refractivity contribution in [1.82, 2.24) is 9.97 Å². The van der Waals surface area contributed by atoms with E-state index in [2.05, 4.69) is 52.6 Å². The second-order valence-corrected chi connectivity index (χ2v) is 5.83. The molecule has 4 nitrogen and oxygen atoms in total. The van der Waals surface area contributed by atoms with Crippen molar-refractivity contribution in [2.24, 2.45) is 0 Å².